The third-order valence-electron chi connectivity index (χ3n) is 4.16. The van der Waals surface area contributed by atoms with E-state index in [1.165, 1.54) is 4.90 Å². The minimum absolute atomic E-state index is 0.198. The van der Waals surface area contributed by atoms with Crippen molar-refractivity contribution in [3.8, 4) is 0 Å². The fourth-order valence-electron chi connectivity index (χ4n) is 2.94. The summed E-state index contributed by atoms with van der Waals surface area (Å²) in [6.45, 7) is 0.105. The summed E-state index contributed by atoms with van der Waals surface area (Å²) in [5, 5.41) is 2.50. The number of halogens is 3. The van der Waals surface area contributed by atoms with Crippen LogP contribution in [0, 0.1) is 0 Å². The van der Waals surface area contributed by atoms with Crippen LogP contribution in [0.5, 0.6) is 0 Å². The maximum absolute atomic E-state index is 12.5. The number of fused-ring (bicyclic) bond motifs is 1. The number of furan rings is 1. The third kappa shape index (κ3) is 3.62. The topological polar surface area (TPSA) is 88.8 Å². The Morgan fingerprint density at radius 1 is 1.40 bits per heavy atom. The van der Waals surface area contributed by atoms with Crippen molar-refractivity contribution in [1.29, 1.82) is 0 Å². The molecule has 2 saturated heterocycles. The third-order valence-corrected chi connectivity index (χ3v) is 4.16. The summed E-state index contributed by atoms with van der Waals surface area (Å²) in [7, 11) is 0. The maximum Gasteiger partial charge on any atom is 0.419 e. The smallest absolute Gasteiger partial charge is 0.419 e. The Kier molecular flexibility index (Phi) is 4.44. The molecule has 3 heterocycles. The van der Waals surface area contributed by atoms with Gasteiger partial charge in [-0.05, 0) is 18.9 Å². The van der Waals surface area contributed by atoms with E-state index in [0.717, 1.165) is 6.42 Å². The molecule has 0 aliphatic carbocycles. The van der Waals surface area contributed by atoms with E-state index in [0.29, 0.717) is 25.3 Å². The van der Waals surface area contributed by atoms with E-state index < -0.39 is 36.2 Å². The fraction of sp³-hybridized carbons (Fsp3) is 0.533. The van der Waals surface area contributed by atoms with E-state index in [2.05, 4.69) is 9.73 Å². The molecule has 2 atom stereocenters. The molecule has 10 heteroatoms. The van der Waals surface area contributed by atoms with Crippen LogP contribution in [0.25, 0.3) is 0 Å². The number of piperazine rings is 1. The van der Waals surface area contributed by atoms with Crippen LogP contribution in [0.2, 0.25) is 0 Å². The quantitative estimate of drug-likeness (QED) is 0.805. The van der Waals surface area contributed by atoms with Crippen LogP contribution >= 0.6 is 0 Å². The van der Waals surface area contributed by atoms with Crippen molar-refractivity contribution in [2.75, 3.05) is 13.2 Å². The average Bonchev–Trinajstić information content (AvgIpc) is 3.18. The lowest BCUT2D eigenvalue weighted by Crippen LogP contribution is -2.62. The van der Waals surface area contributed by atoms with Crippen molar-refractivity contribution in [2.45, 2.75) is 37.5 Å². The lowest BCUT2D eigenvalue weighted by Gasteiger charge is -2.34. The predicted octanol–water partition coefficient (Wildman–Crippen LogP) is 0.873. The number of ether oxygens (including phenoxy) is 1. The monoisotopic (exact) mass is 360 g/mol. The van der Waals surface area contributed by atoms with E-state index in [-0.39, 0.29) is 24.2 Å². The van der Waals surface area contributed by atoms with Crippen molar-refractivity contribution in [2.24, 2.45) is 0 Å². The number of nitrogens with zero attached hydrogens (tertiary/aromatic N) is 1. The van der Waals surface area contributed by atoms with Crippen molar-refractivity contribution in [3.05, 3.63) is 23.7 Å². The van der Waals surface area contributed by atoms with Gasteiger partial charge in [-0.3, -0.25) is 14.4 Å². The van der Waals surface area contributed by atoms with Crippen LogP contribution in [0.15, 0.2) is 16.7 Å². The zero-order valence-corrected chi connectivity index (χ0v) is 13.0. The summed E-state index contributed by atoms with van der Waals surface area (Å²) in [4.78, 5) is 37.3. The molecular formula is C15H15F3N2O5. The zero-order valence-electron chi connectivity index (χ0n) is 13.0. The second kappa shape index (κ2) is 6.41. The Labute approximate surface area is 140 Å². The summed E-state index contributed by atoms with van der Waals surface area (Å²) >= 11 is 0. The molecule has 0 radical (unpaired) electrons. The minimum atomic E-state index is -4.56. The molecular weight excluding hydrogens is 345 g/mol. The highest BCUT2D eigenvalue weighted by atomic mass is 19.4. The summed E-state index contributed by atoms with van der Waals surface area (Å²) in [5.74, 6) is -1.67. The van der Waals surface area contributed by atoms with Gasteiger partial charge in [-0.2, -0.15) is 13.2 Å². The van der Waals surface area contributed by atoms with Crippen LogP contribution in [0.1, 0.15) is 24.2 Å². The number of rotatable bonds is 4. The molecule has 0 saturated carbocycles. The number of amides is 2. The first-order valence-electron chi connectivity index (χ1n) is 7.67. The van der Waals surface area contributed by atoms with Gasteiger partial charge in [0.2, 0.25) is 11.8 Å². The van der Waals surface area contributed by atoms with Gasteiger partial charge in [0.15, 0.2) is 0 Å². The summed E-state index contributed by atoms with van der Waals surface area (Å²) < 4.78 is 47.0. The summed E-state index contributed by atoms with van der Waals surface area (Å²) in [6, 6.07) is -0.736. The largest absolute Gasteiger partial charge is 0.468 e. The molecule has 1 aromatic rings. The standard InChI is InChI=1S/C15H15F3N2O5/c16-15(17,18)8-4-9(24-6-8)5-12(21)25-7-10-14(23)20-3-1-2-11(20)13(22)19-10/h4,6,10-11H,1-3,5,7H2,(H,19,22)/t10-,11-/m0/s1. The zero-order chi connectivity index (χ0) is 18.2. The van der Waals surface area contributed by atoms with Gasteiger partial charge in [0, 0.05) is 6.54 Å². The molecule has 0 unspecified atom stereocenters. The van der Waals surface area contributed by atoms with E-state index >= 15 is 0 Å². The van der Waals surface area contributed by atoms with E-state index in [1.807, 2.05) is 0 Å². The van der Waals surface area contributed by atoms with Crippen LogP contribution < -0.4 is 5.32 Å². The SMILES string of the molecule is O=C(Cc1cc(C(F)(F)F)co1)OC[C@@H]1NC(=O)[C@@H]2CCCN2C1=O. The van der Waals surface area contributed by atoms with Crippen molar-refractivity contribution in [1.82, 2.24) is 10.2 Å². The lowest BCUT2D eigenvalue weighted by atomic mass is 10.1. The summed E-state index contributed by atoms with van der Waals surface area (Å²) in [5.41, 5.74) is -0.995. The second-order valence-electron chi connectivity index (χ2n) is 5.91. The van der Waals surface area contributed by atoms with Crippen molar-refractivity contribution < 1.29 is 36.7 Å². The van der Waals surface area contributed by atoms with Crippen LogP contribution in [-0.4, -0.2) is 47.9 Å². The van der Waals surface area contributed by atoms with E-state index in [1.54, 1.807) is 0 Å². The number of carbonyl (C=O) groups excluding carboxylic acids is 3. The highest BCUT2D eigenvalue weighted by molar-refractivity contribution is 5.97. The van der Waals surface area contributed by atoms with Crippen LogP contribution in [0.4, 0.5) is 13.2 Å². The molecule has 0 spiro atoms. The lowest BCUT2D eigenvalue weighted by molar-refractivity contribution is -0.153. The minimum Gasteiger partial charge on any atom is -0.468 e. The molecule has 3 rings (SSSR count). The van der Waals surface area contributed by atoms with Gasteiger partial charge in [-0.15, -0.1) is 0 Å². The van der Waals surface area contributed by atoms with Crippen molar-refractivity contribution in [3.63, 3.8) is 0 Å². The Hall–Kier alpha value is -2.52. The van der Waals surface area contributed by atoms with Crippen molar-refractivity contribution >= 4 is 17.8 Å². The number of nitrogens with one attached hydrogen (secondary N) is 1. The van der Waals surface area contributed by atoms with Gasteiger partial charge in [0.25, 0.3) is 0 Å². The van der Waals surface area contributed by atoms with Gasteiger partial charge in [0.1, 0.15) is 37.1 Å². The highest BCUT2D eigenvalue weighted by Crippen LogP contribution is 2.30. The normalized spacial score (nSPS) is 23.4. The number of carbonyl (C=O) groups is 3. The number of hydrogen-bond acceptors (Lipinski definition) is 5. The predicted molar refractivity (Wildman–Crippen MR) is 75.0 cm³/mol. The molecule has 1 aromatic heterocycles. The van der Waals surface area contributed by atoms with Gasteiger partial charge < -0.3 is 19.4 Å². The van der Waals surface area contributed by atoms with Crippen LogP contribution in [-0.2, 0) is 31.7 Å². The fourth-order valence-corrected chi connectivity index (χ4v) is 2.94. The highest BCUT2D eigenvalue weighted by Gasteiger charge is 2.43. The molecule has 2 fully saturated rings. The molecule has 1 N–H and O–H groups in total. The first kappa shape index (κ1) is 17.3. The van der Waals surface area contributed by atoms with Gasteiger partial charge >= 0.3 is 12.1 Å². The Bertz CT molecular complexity index is 700. The Morgan fingerprint density at radius 3 is 2.84 bits per heavy atom. The molecule has 0 aromatic carbocycles. The number of hydrogen-bond donors (Lipinski definition) is 1. The van der Waals surface area contributed by atoms with Gasteiger partial charge in [-0.25, -0.2) is 0 Å². The molecule has 0 bridgehead atoms. The average molecular weight is 360 g/mol. The molecule has 2 amide bonds. The molecule has 2 aliphatic rings. The molecule has 2 aliphatic heterocycles. The van der Waals surface area contributed by atoms with E-state index in [9.17, 15) is 27.6 Å². The first-order valence-corrected chi connectivity index (χ1v) is 7.67. The van der Waals surface area contributed by atoms with Crippen LogP contribution in [0.3, 0.4) is 0 Å². The Balaban J connectivity index is 1.53. The molecule has 136 valence electrons. The number of alkyl halides is 3. The number of esters is 1. The first-order chi connectivity index (χ1) is 11.8. The molecule has 25 heavy (non-hydrogen) atoms. The van der Waals surface area contributed by atoms with Gasteiger partial charge in [-0.1, -0.05) is 0 Å². The Morgan fingerprint density at radius 2 is 2.16 bits per heavy atom. The van der Waals surface area contributed by atoms with E-state index in [4.69, 9.17) is 4.74 Å². The summed E-state index contributed by atoms with van der Waals surface area (Å²) in [6.07, 6.45) is -3.21. The maximum atomic E-state index is 12.5. The second-order valence-corrected chi connectivity index (χ2v) is 5.91. The molecule has 7 nitrogen and oxygen atoms in total. The van der Waals surface area contributed by atoms with Gasteiger partial charge in [0.05, 0.1) is 5.56 Å².